The van der Waals surface area contributed by atoms with Crippen molar-refractivity contribution in [2.45, 2.75) is 69.4 Å². The normalized spacial score (nSPS) is 21.2. The molecule has 2 aliphatic heterocycles. The number of benzene rings is 2. The van der Waals surface area contributed by atoms with Crippen molar-refractivity contribution in [3.05, 3.63) is 70.8 Å². The van der Waals surface area contributed by atoms with Crippen LogP contribution in [0.2, 0.25) is 0 Å². The monoisotopic (exact) mass is 612 g/mol. The van der Waals surface area contributed by atoms with Crippen LogP contribution in [0.4, 0.5) is 31.1 Å². The highest BCUT2D eigenvalue weighted by Gasteiger charge is 2.49. The fourth-order valence-electron chi connectivity index (χ4n) is 5.46. The average Bonchev–Trinajstić information content (AvgIpc) is 3.78. The fourth-order valence-corrected chi connectivity index (χ4v) is 5.46. The second kappa shape index (κ2) is 12.1. The third-order valence-corrected chi connectivity index (χ3v) is 7.74. The lowest BCUT2D eigenvalue weighted by molar-refractivity contribution is -0.168. The van der Waals surface area contributed by atoms with E-state index >= 15 is 0 Å². The van der Waals surface area contributed by atoms with Crippen LogP contribution in [0.15, 0.2) is 48.5 Å². The van der Waals surface area contributed by atoms with E-state index in [2.05, 4.69) is 5.32 Å². The van der Waals surface area contributed by atoms with Gasteiger partial charge in [-0.05, 0) is 55.1 Å². The highest BCUT2D eigenvalue weighted by atomic mass is 19.4. The maximum atomic E-state index is 13.6. The number of rotatable bonds is 8. The highest BCUT2D eigenvalue weighted by Crippen LogP contribution is 2.37. The third-order valence-electron chi connectivity index (χ3n) is 7.74. The van der Waals surface area contributed by atoms with Gasteiger partial charge in [-0.2, -0.15) is 26.3 Å². The molecule has 2 atom stereocenters. The van der Waals surface area contributed by atoms with E-state index in [0.717, 1.165) is 18.4 Å². The second-order valence-electron chi connectivity index (χ2n) is 10.9. The summed E-state index contributed by atoms with van der Waals surface area (Å²) in [5.74, 6) is -0.601. The predicted molar refractivity (Wildman–Crippen MR) is 140 cm³/mol. The summed E-state index contributed by atoms with van der Waals surface area (Å²) in [4.78, 5) is 44.1. The number of hydrogen-bond acceptors (Lipinski definition) is 5. The van der Waals surface area contributed by atoms with Gasteiger partial charge in [0.2, 0.25) is 11.8 Å². The van der Waals surface area contributed by atoms with Crippen molar-refractivity contribution in [2.24, 2.45) is 0 Å². The SMILES string of the molecule is O=C1[C@H](CCNC2CC2)N2C(=O)CCN(C(=O)OCc3cc(C(F)(F)F)cc(C(F)(F)F)c3)C2CN1Cc1ccccc1. The van der Waals surface area contributed by atoms with Gasteiger partial charge >= 0.3 is 18.4 Å². The largest absolute Gasteiger partial charge is 0.444 e. The van der Waals surface area contributed by atoms with E-state index in [9.17, 15) is 40.7 Å². The van der Waals surface area contributed by atoms with Crippen molar-refractivity contribution in [2.75, 3.05) is 19.6 Å². The number of nitrogens with one attached hydrogen (secondary N) is 1. The molecule has 1 aliphatic carbocycles. The number of halogens is 6. The van der Waals surface area contributed by atoms with Gasteiger partial charge in [0.15, 0.2) is 0 Å². The van der Waals surface area contributed by atoms with Crippen LogP contribution in [0.5, 0.6) is 0 Å². The van der Waals surface area contributed by atoms with E-state index in [1.165, 1.54) is 9.80 Å². The summed E-state index contributed by atoms with van der Waals surface area (Å²) >= 11 is 0. The molecular weight excluding hydrogens is 582 g/mol. The summed E-state index contributed by atoms with van der Waals surface area (Å²) in [6, 6.07) is 9.64. The number of piperazine rings is 1. The molecule has 1 saturated carbocycles. The van der Waals surface area contributed by atoms with Gasteiger partial charge in [-0.15, -0.1) is 0 Å². The standard InChI is InChI=1S/C29H30F6N4O4/c30-28(31,32)20-12-19(13-21(14-20)29(33,34)35)17-43-27(42)38-11-9-25(40)39-23(8-10-36-22-6-7-22)26(41)37(16-24(38)39)15-18-4-2-1-3-5-18/h1-5,12-14,22-24,36H,6-11,15-17H2/t23-,24?/m0/s1. The molecule has 0 spiro atoms. The number of fused-ring (bicyclic) bond motifs is 1. The Morgan fingerprint density at radius 3 is 2.19 bits per heavy atom. The summed E-state index contributed by atoms with van der Waals surface area (Å²) in [5, 5.41) is 3.33. The maximum Gasteiger partial charge on any atom is 0.416 e. The number of carbonyl (C=O) groups is 3. The lowest BCUT2D eigenvalue weighted by Gasteiger charge is -2.51. The first-order valence-corrected chi connectivity index (χ1v) is 13.9. The van der Waals surface area contributed by atoms with E-state index < -0.39 is 54.0 Å². The minimum atomic E-state index is -5.05. The van der Waals surface area contributed by atoms with Crippen LogP contribution in [0.1, 0.15) is 47.9 Å². The molecule has 8 nitrogen and oxygen atoms in total. The summed E-state index contributed by atoms with van der Waals surface area (Å²) in [6.07, 6.45) is -9.80. The molecule has 5 rings (SSSR count). The Hall–Kier alpha value is -3.81. The molecule has 1 N–H and O–H groups in total. The molecular formula is C29H30F6N4O4. The summed E-state index contributed by atoms with van der Waals surface area (Å²) in [5.41, 5.74) is -2.70. The van der Waals surface area contributed by atoms with Gasteiger partial charge in [-0.1, -0.05) is 30.3 Å². The molecule has 43 heavy (non-hydrogen) atoms. The van der Waals surface area contributed by atoms with Crippen molar-refractivity contribution >= 4 is 17.9 Å². The molecule has 0 radical (unpaired) electrons. The average molecular weight is 613 g/mol. The zero-order valence-corrected chi connectivity index (χ0v) is 23.0. The Balaban J connectivity index is 1.36. The zero-order valence-electron chi connectivity index (χ0n) is 23.0. The minimum Gasteiger partial charge on any atom is -0.444 e. The highest BCUT2D eigenvalue weighted by molar-refractivity contribution is 5.90. The quantitative estimate of drug-likeness (QED) is 0.435. The summed E-state index contributed by atoms with van der Waals surface area (Å²) in [6.45, 7) is -0.292. The Labute approximate surface area is 243 Å². The van der Waals surface area contributed by atoms with E-state index in [1.807, 2.05) is 30.3 Å². The van der Waals surface area contributed by atoms with Crippen molar-refractivity contribution in [1.82, 2.24) is 20.0 Å². The third kappa shape index (κ3) is 7.23. The van der Waals surface area contributed by atoms with Gasteiger partial charge in [0.1, 0.15) is 18.8 Å². The van der Waals surface area contributed by atoms with Crippen LogP contribution in [-0.2, 0) is 39.8 Å². The lowest BCUT2D eigenvalue weighted by Crippen LogP contribution is -2.71. The molecule has 1 unspecified atom stereocenters. The van der Waals surface area contributed by atoms with Crippen molar-refractivity contribution in [3.63, 3.8) is 0 Å². The molecule has 0 bridgehead atoms. The van der Waals surface area contributed by atoms with Gasteiger partial charge in [0.05, 0.1) is 17.7 Å². The smallest absolute Gasteiger partial charge is 0.416 e. The minimum absolute atomic E-state index is 0.00195. The topological polar surface area (TPSA) is 82.2 Å². The van der Waals surface area contributed by atoms with Crippen LogP contribution >= 0.6 is 0 Å². The molecule has 2 heterocycles. The van der Waals surface area contributed by atoms with Crippen LogP contribution in [0.3, 0.4) is 0 Å². The molecule has 2 aromatic carbocycles. The molecule has 0 aromatic heterocycles. The number of hydrogen-bond donors (Lipinski definition) is 1. The number of carbonyl (C=O) groups excluding carboxylic acids is 3. The first-order chi connectivity index (χ1) is 20.3. The fraction of sp³-hybridized carbons (Fsp3) is 0.483. The van der Waals surface area contributed by atoms with E-state index in [1.54, 1.807) is 4.90 Å². The van der Waals surface area contributed by atoms with Crippen molar-refractivity contribution in [1.29, 1.82) is 0 Å². The molecule has 14 heteroatoms. The zero-order chi connectivity index (χ0) is 30.9. The van der Waals surface area contributed by atoms with E-state index in [-0.39, 0.29) is 43.9 Å². The predicted octanol–water partition coefficient (Wildman–Crippen LogP) is 4.77. The number of amides is 3. The number of ether oxygens (including phenoxy) is 1. The Kier molecular flexibility index (Phi) is 8.59. The van der Waals surface area contributed by atoms with E-state index in [0.29, 0.717) is 31.1 Å². The van der Waals surface area contributed by atoms with Gasteiger partial charge < -0.3 is 19.9 Å². The Morgan fingerprint density at radius 1 is 0.930 bits per heavy atom. The maximum absolute atomic E-state index is 13.6. The van der Waals surface area contributed by atoms with Crippen LogP contribution in [0, 0.1) is 0 Å². The molecule has 3 fully saturated rings. The Morgan fingerprint density at radius 2 is 1.58 bits per heavy atom. The Bertz CT molecular complexity index is 1320. The van der Waals surface area contributed by atoms with Gasteiger partial charge in [0.25, 0.3) is 0 Å². The lowest BCUT2D eigenvalue weighted by atomic mass is 10.0. The van der Waals surface area contributed by atoms with Crippen LogP contribution < -0.4 is 5.32 Å². The van der Waals surface area contributed by atoms with Crippen molar-refractivity contribution in [3.8, 4) is 0 Å². The van der Waals surface area contributed by atoms with Crippen molar-refractivity contribution < 1.29 is 45.5 Å². The number of alkyl halides is 6. The van der Waals surface area contributed by atoms with Gasteiger partial charge in [0, 0.05) is 25.6 Å². The first-order valence-electron chi connectivity index (χ1n) is 13.9. The number of nitrogens with zero attached hydrogens (tertiary/aromatic N) is 3. The second-order valence-corrected chi connectivity index (χ2v) is 10.9. The molecule has 2 saturated heterocycles. The molecule has 232 valence electrons. The first kappa shape index (κ1) is 30.6. The summed E-state index contributed by atoms with van der Waals surface area (Å²) in [7, 11) is 0. The van der Waals surface area contributed by atoms with Gasteiger partial charge in [-0.25, -0.2) is 4.79 Å². The van der Waals surface area contributed by atoms with E-state index in [4.69, 9.17) is 4.74 Å². The summed E-state index contributed by atoms with van der Waals surface area (Å²) < 4.78 is 84.9. The van der Waals surface area contributed by atoms with Crippen LogP contribution in [-0.4, -0.2) is 70.5 Å². The molecule has 2 aromatic rings. The molecule has 3 aliphatic rings. The molecule has 3 amide bonds. The van der Waals surface area contributed by atoms with Gasteiger partial charge in [-0.3, -0.25) is 14.5 Å². The van der Waals surface area contributed by atoms with Crippen LogP contribution in [0.25, 0.3) is 0 Å².